The third-order valence-electron chi connectivity index (χ3n) is 3.14. The van der Waals surface area contributed by atoms with Crippen molar-refractivity contribution in [1.82, 2.24) is 0 Å². The Morgan fingerprint density at radius 3 is 2.25 bits per heavy atom. The molecule has 0 amide bonds. The SMILES string of the molecule is CC(=O)C(CC1CCC1)C(C)C. The minimum atomic E-state index is 0.329. The van der Waals surface area contributed by atoms with Crippen LogP contribution in [0.1, 0.15) is 46.5 Å². The second-order valence-corrected chi connectivity index (χ2v) is 4.49. The van der Waals surface area contributed by atoms with Crippen molar-refractivity contribution in [3.63, 3.8) is 0 Å². The molecule has 1 saturated carbocycles. The molecule has 1 unspecified atom stereocenters. The third-order valence-corrected chi connectivity index (χ3v) is 3.14. The number of carbonyl (C=O) groups excluding carboxylic acids is 1. The van der Waals surface area contributed by atoms with E-state index in [1.54, 1.807) is 6.92 Å². The predicted molar refractivity (Wildman–Crippen MR) is 51.0 cm³/mol. The van der Waals surface area contributed by atoms with E-state index in [1.165, 1.54) is 19.3 Å². The average Bonchev–Trinajstić information content (AvgIpc) is 1.82. The zero-order valence-corrected chi connectivity index (χ0v) is 8.47. The molecule has 1 nitrogen and oxygen atoms in total. The highest BCUT2D eigenvalue weighted by Gasteiger charge is 2.26. The van der Waals surface area contributed by atoms with Gasteiger partial charge in [0.2, 0.25) is 0 Å². The Kier molecular flexibility index (Phi) is 3.30. The first-order valence-electron chi connectivity index (χ1n) is 5.11. The summed E-state index contributed by atoms with van der Waals surface area (Å²) in [4.78, 5) is 11.3. The van der Waals surface area contributed by atoms with Gasteiger partial charge in [-0.3, -0.25) is 4.79 Å². The Hall–Kier alpha value is -0.330. The fourth-order valence-electron chi connectivity index (χ4n) is 2.00. The number of hydrogen-bond acceptors (Lipinski definition) is 1. The topological polar surface area (TPSA) is 17.1 Å². The molecule has 0 spiro atoms. The highest BCUT2D eigenvalue weighted by atomic mass is 16.1. The van der Waals surface area contributed by atoms with E-state index >= 15 is 0 Å². The van der Waals surface area contributed by atoms with Crippen LogP contribution in [0.5, 0.6) is 0 Å². The van der Waals surface area contributed by atoms with E-state index in [9.17, 15) is 4.79 Å². The Bertz CT molecular complexity index is 156. The summed E-state index contributed by atoms with van der Waals surface area (Å²) in [7, 11) is 0. The van der Waals surface area contributed by atoms with Gasteiger partial charge in [-0.15, -0.1) is 0 Å². The first-order valence-corrected chi connectivity index (χ1v) is 5.11. The molecule has 0 aromatic carbocycles. The molecule has 12 heavy (non-hydrogen) atoms. The minimum Gasteiger partial charge on any atom is -0.300 e. The molecule has 0 heterocycles. The Morgan fingerprint density at radius 2 is 2.00 bits per heavy atom. The molecule has 0 bridgehead atoms. The van der Waals surface area contributed by atoms with Gasteiger partial charge in [-0.25, -0.2) is 0 Å². The van der Waals surface area contributed by atoms with Crippen molar-refractivity contribution in [2.24, 2.45) is 17.8 Å². The summed E-state index contributed by atoms with van der Waals surface area (Å²) in [5.74, 6) is 2.11. The zero-order valence-electron chi connectivity index (χ0n) is 8.47. The molecular weight excluding hydrogens is 148 g/mol. The maximum Gasteiger partial charge on any atom is 0.133 e. The van der Waals surface area contributed by atoms with Gasteiger partial charge in [-0.05, 0) is 25.2 Å². The first kappa shape index (κ1) is 9.76. The lowest BCUT2D eigenvalue weighted by atomic mass is 9.75. The van der Waals surface area contributed by atoms with Gasteiger partial charge in [0.1, 0.15) is 5.78 Å². The molecule has 1 heteroatoms. The van der Waals surface area contributed by atoms with Crippen LogP contribution in [0.25, 0.3) is 0 Å². The number of hydrogen-bond donors (Lipinski definition) is 0. The zero-order chi connectivity index (χ0) is 9.14. The van der Waals surface area contributed by atoms with Gasteiger partial charge in [0.05, 0.1) is 0 Å². The third kappa shape index (κ3) is 2.33. The van der Waals surface area contributed by atoms with Gasteiger partial charge in [0, 0.05) is 5.92 Å². The van der Waals surface area contributed by atoms with Crippen LogP contribution >= 0.6 is 0 Å². The van der Waals surface area contributed by atoms with Gasteiger partial charge in [0.25, 0.3) is 0 Å². The standard InChI is InChI=1S/C11H20O/c1-8(2)11(9(3)12)7-10-5-4-6-10/h8,10-11H,4-7H2,1-3H3. The molecule has 1 aliphatic carbocycles. The molecule has 0 radical (unpaired) electrons. The van der Waals surface area contributed by atoms with Gasteiger partial charge >= 0.3 is 0 Å². The largest absolute Gasteiger partial charge is 0.300 e. The van der Waals surface area contributed by atoms with Crippen molar-refractivity contribution in [3.05, 3.63) is 0 Å². The molecule has 0 aliphatic heterocycles. The predicted octanol–water partition coefficient (Wildman–Crippen LogP) is 3.04. The lowest BCUT2D eigenvalue weighted by Crippen LogP contribution is -2.24. The molecule has 1 rings (SSSR count). The quantitative estimate of drug-likeness (QED) is 0.630. The second-order valence-electron chi connectivity index (χ2n) is 4.49. The maximum atomic E-state index is 11.3. The van der Waals surface area contributed by atoms with E-state index in [0.717, 1.165) is 12.3 Å². The summed E-state index contributed by atoms with van der Waals surface area (Å²) in [6.45, 7) is 6.05. The first-order chi connectivity index (χ1) is 5.61. The van der Waals surface area contributed by atoms with Crippen LogP contribution in [0.15, 0.2) is 0 Å². The highest BCUT2D eigenvalue weighted by Crippen LogP contribution is 2.34. The van der Waals surface area contributed by atoms with E-state index in [4.69, 9.17) is 0 Å². The number of rotatable bonds is 4. The van der Waals surface area contributed by atoms with Gasteiger partial charge < -0.3 is 0 Å². The van der Waals surface area contributed by atoms with Gasteiger partial charge in [-0.1, -0.05) is 33.1 Å². The summed E-state index contributed by atoms with van der Waals surface area (Å²) < 4.78 is 0. The van der Waals surface area contributed by atoms with Crippen molar-refractivity contribution in [2.45, 2.75) is 46.5 Å². The highest BCUT2D eigenvalue weighted by molar-refractivity contribution is 5.78. The number of carbonyl (C=O) groups is 1. The van der Waals surface area contributed by atoms with Crippen molar-refractivity contribution < 1.29 is 4.79 Å². The number of ketones is 1. The van der Waals surface area contributed by atoms with E-state index in [2.05, 4.69) is 13.8 Å². The second kappa shape index (κ2) is 4.06. The lowest BCUT2D eigenvalue weighted by molar-refractivity contribution is -0.122. The van der Waals surface area contributed by atoms with Crippen LogP contribution in [-0.4, -0.2) is 5.78 Å². The average molecular weight is 168 g/mol. The fourth-order valence-corrected chi connectivity index (χ4v) is 2.00. The van der Waals surface area contributed by atoms with E-state index in [-0.39, 0.29) is 0 Å². The molecule has 0 aromatic rings. The van der Waals surface area contributed by atoms with Crippen molar-refractivity contribution in [2.75, 3.05) is 0 Å². The summed E-state index contributed by atoms with van der Waals surface area (Å²) in [5, 5.41) is 0. The fraction of sp³-hybridized carbons (Fsp3) is 0.909. The van der Waals surface area contributed by atoms with Gasteiger partial charge in [-0.2, -0.15) is 0 Å². The molecular formula is C11H20O. The normalized spacial score (nSPS) is 20.7. The minimum absolute atomic E-state index is 0.329. The lowest BCUT2D eigenvalue weighted by Gasteiger charge is -2.30. The van der Waals surface area contributed by atoms with Crippen LogP contribution in [0.2, 0.25) is 0 Å². The molecule has 0 N–H and O–H groups in total. The van der Waals surface area contributed by atoms with Gasteiger partial charge in [0.15, 0.2) is 0 Å². The Morgan fingerprint density at radius 1 is 1.42 bits per heavy atom. The monoisotopic (exact) mass is 168 g/mol. The van der Waals surface area contributed by atoms with E-state index in [0.29, 0.717) is 17.6 Å². The van der Waals surface area contributed by atoms with Crippen LogP contribution in [0, 0.1) is 17.8 Å². The van der Waals surface area contributed by atoms with Crippen LogP contribution in [-0.2, 0) is 4.79 Å². The van der Waals surface area contributed by atoms with Crippen LogP contribution in [0.4, 0.5) is 0 Å². The summed E-state index contributed by atoms with van der Waals surface area (Å²) in [6, 6.07) is 0. The molecule has 70 valence electrons. The van der Waals surface area contributed by atoms with E-state index < -0.39 is 0 Å². The molecule has 0 saturated heterocycles. The van der Waals surface area contributed by atoms with Crippen molar-refractivity contribution >= 4 is 5.78 Å². The number of Topliss-reactive ketones (excluding diaryl/α,β-unsaturated/α-hetero) is 1. The summed E-state index contributed by atoms with van der Waals surface area (Å²) >= 11 is 0. The smallest absolute Gasteiger partial charge is 0.133 e. The molecule has 1 aliphatic rings. The molecule has 1 fully saturated rings. The molecule has 1 atom stereocenters. The Labute approximate surface area is 75.5 Å². The van der Waals surface area contributed by atoms with Crippen LogP contribution in [0.3, 0.4) is 0 Å². The Balaban J connectivity index is 2.36. The summed E-state index contributed by atoms with van der Waals surface area (Å²) in [5.41, 5.74) is 0. The van der Waals surface area contributed by atoms with Crippen LogP contribution < -0.4 is 0 Å². The summed E-state index contributed by atoms with van der Waals surface area (Å²) in [6.07, 6.45) is 5.24. The maximum absolute atomic E-state index is 11.3. The van der Waals surface area contributed by atoms with Crippen molar-refractivity contribution in [3.8, 4) is 0 Å². The molecule has 0 aromatic heterocycles. The van der Waals surface area contributed by atoms with E-state index in [1.807, 2.05) is 0 Å². The van der Waals surface area contributed by atoms with Crippen molar-refractivity contribution in [1.29, 1.82) is 0 Å².